The van der Waals surface area contributed by atoms with Gasteiger partial charge in [0.15, 0.2) is 0 Å². The van der Waals surface area contributed by atoms with Gasteiger partial charge in [0, 0.05) is 42.9 Å². The number of nitrogens with zero attached hydrogens (tertiary/aromatic N) is 1. The van der Waals surface area contributed by atoms with E-state index in [0.29, 0.717) is 38.8 Å². The molecule has 1 atom stereocenters. The Morgan fingerprint density at radius 1 is 1.26 bits per heavy atom. The maximum absolute atomic E-state index is 12.8. The summed E-state index contributed by atoms with van der Waals surface area (Å²) in [6, 6.07) is 9.64. The Morgan fingerprint density at radius 3 is 2.89 bits per heavy atom. The topological polar surface area (TPSA) is 62.6 Å². The minimum atomic E-state index is -0.387. The molecule has 1 aromatic heterocycles. The molecule has 6 heteroatoms. The molecule has 2 amide bonds. The van der Waals surface area contributed by atoms with E-state index >= 15 is 0 Å². The van der Waals surface area contributed by atoms with Crippen molar-refractivity contribution in [2.45, 2.75) is 50.6 Å². The van der Waals surface area contributed by atoms with Crippen LogP contribution < -0.4 is 5.32 Å². The molecule has 1 N–H and O–H groups in total. The summed E-state index contributed by atoms with van der Waals surface area (Å²) in [5, 5.41) is 3.88. The molecule has 2 aliphatic heterocycles. The summed E-state index contributed by atoms with van der Waals surface area (Å²) in [6.07, 6.45) is 5.32. The molecule has 142 valence electrons. The number of carbonyl (C=O) groups excluding carboxylic acids is 2. The minimum Gasteiger partial charge on any atom is -0.469 e. The third kappa shape index (κ3) is 3.88. The van der Waals surface area contributed by atoms with Crippen LogP contribution in [-0.4, -0.2) is 28.8 Å². The highest BCUT2D eigenvalue weighted by atomic mass is 35.5. The molecular weight excluding hydrogens is 364 g/mol. The number of halogens is 1. The summed E-state index contributed by atoms with van der Waals surface area (Å²) < 4.78 is 5.47. The molecule has 4 rings (SSSR count). The first-order valence-corrected chi connectivity index (χ1v) is 9.80. The number of carbonyl (C=O) groups is 2. The monoisotopic (exact) mass is 386 g/mol. The van der Waals surface area contributed by atoms with Crippen molar-refractivity contribution < 1.29 is 14.0 Å². The van der Waals surface area contributed by atoms with Gasteiger partial charge in [-0.3, -0.25) is 9.59 Å². The minimum absolute atomic E-state index is 0.0514. The summed E-state index contributed by atoms with van der Waals surface area (Å²) in [4.78, 5) is 26.6. The van der Waals surface area contributed by atoms with E-state index in [1.807, 2.05) is 35.2 Å². The summed E-state index contributed by atoms with van der Waals surface area (Å²) >= 11 is 6.26. The normalized spacial score (nSPS) is 21.8. The zero-order valence-corrected chi connectivity index (χ0v) is 15.9. The molecular formula is C21H23ClN2O3. The van der Waals surface area contributed by atoms with Crippen molar-refractivity contribution in [2.24, 2.45) is 0 Å². The molecule has 27 heavy (non-hydrogen) atoms. The second-order valence-electron chi connectivity index (χ2n) is 7.53. The van der Waals surface area contributed by atoms with Crippen molar-refractivity contribution in [3.05, 3.63) is 58.5 Å². The van der Waals surface area contributed by atoms with Crippen LogP contribution in [0.1, 0.15) is 42.6 Å². The summed E-state index contributed by atoms with van der Waals surface area (Å²) in [5.41, 5.74) is 1.89. The Kier molecular flexibility index (Phi) is 4.96. The zero-order chi connectivity index (χ0) is 18.9. The number of rotatable bonds is 5. The molecule has 0 bridgehead atoms. The Labute approximate surface area is 163 Å². The number of nitrogens with one attached hydrogen (secondary N) is 1. The van der Waals surface area contributed by atoms with Gasteiger partial charge in [-0.2, -0.15) is 0 Å². The molecule has 1 unspecified atom stereocenters. The number of furan rings is 1. The van der Waals surface area contributed by atoms with Gasteiger partial charge in [-0.05, 0) is 48.6 Å². The van der Waals surface area contributed by atoms with E-state index in [4.69, 9.17) is 16.0 Å². The van der Waals surface area contributed by atoms with Crippen LogP contribution in [0.5, 0.6) is 0 Å². The van der Waals surface area contributed by atoms with E-state index in [-0.39, 0.29) is 17.4 Å². The molecule has 0 radical (unpaired) electrons. The average Bonchev–Trinajstić information content (AvgIpc) is 3.30. The number of benzene rings is 1. The Morgan fingerprint density at radius 2 is 2.15 bits per heavy atom. The highest BCUT2D eigenvalue weighted by Gasteiger charge is 2.39. The molecule has 0 saturated carbocycles. The molecule has 3 heterocycles. The van der Waals surface area contributed by atoms with Crippen LogP contribution in [0, 0.1) is 0 Å². The second kappa shape index (κ2) is 7.39. The highest BCUT2D eigenvalue weighted by Crippen LogP contribution is 2.31. The van der Waals surface area contributed by atoms with Crippen LogP contribution in [0.25, 0.3) is 0 Å². The van der Waals surface area contributed by atoms with Gasteiger partial charge in [-0.15, -0.1) is 0 Å². The van der Waals surface area contributed by atoms with E-state index in [1.165, 1.54) is 0 Å². The van der Waals surface area contributed by atoms with Gasteiger partial charge in [0.05, 0.1) is 6.26 Å². The molecule has 1 saturated heterocycles. The third-order valence-electron chi connectivity index (χ3n) is 5.71. The number of hydrogen-bond donors (Lipinski definition) is 1. The largest absolute Gasteiger partial charge is 0.469 e. The molecule has 1 aromatic carbocycles. The van der Waals surface area contributed by atoms with Crippen molar-refractivity contribution in [3.8, 4) is 0 Å². The lowest BCUT2D eigenvalue weighted by molar-refractivity contribution is -0.132. The molecule has 0 aliphatic carbocycles. The van der Waals surface area contributed by atoms with E-state index in [0.717, 1.165) is 34.8 Å². The van der Waals surface area contributed by atoms with Gasteiger partial charge in [0.25, 0.3) is 0 Å². The smallest absolute Gasteiger partial charge is 0.222 e. The van der Waals surface area contributed by atoms with Crippen LogP contribution in [0.15, 0.2) is 41.0 Å². The quantitative estimate of drug-likeness (QED) is 0.855. The van der Waals surface area contributed by atoms with E-state index in [2.05, 4.69) is 5.32 Å². The number of fused-ring (bicyclic) bond motifs is 1. The molecule has 2 aromatic rings. The fourth-order valence-electron chi connectivity index (χ4n) is 4.21. The number of amides is 2. The van der Waals surface area contributed by atoms with Gasteiger partial charge in [0.1, 0.15) is 5.76 Å². The van der Waals surface area contributed by atoms with Gasteiger partial charge in [-0.25, -0.2) is 0 Å². The molecule has 2 aliphatic rings. The van der Waals surface area contributed by atoms with Gasteiger partial charge < -0.3 is 14.6 Å². The lowest BCUT2D eigenvalue weighted by atomic mass is 9.86. The average molecular weight is 387 g/mol. The highest BCUT2D eigenvalue weighted by molar-refractivity contribution is 6.31. The summed E-state index contributed by atoms with van der Waals surface area (Å²) in [5.74, 6) is 1.02. The first-order chi connectivity index (χ1) is 13.0. The fourth-order valence-corrected chi connectivity index (χ4v) is 4.50. The first kappa shape index (κ1) is 18.1. The lowest BCUT2D eigenvalue weighted by Crippen LogP contribution is -2.45. The van der Waals surface area contributed by atoms with Gasteiger partial charge in [-0.1, -0.05) is 23.7 Å². The van der Waals surface area contributed by atoms with Crippen LogP contribution in [0.3, 0.4) is 0 Å². The fraction of sp³-hybridized carbons (Fsp3) is 0.429. The molecule has 0 spiro atoms. The van der Waals surface area contributed by atoms with Gasteiger partial charge >= 0.3 is 0 Å². The van der Waals surface area contributed by atoms with Crippen LogP contribution in [0.4, 0.5) is 0 Å². The van der Waals surface area contributed by atoms with Crippen molar-refractivity contribution in [1.82, 2.24) is 10.2 Å². The predicted octanol–water partition coefficient (Wildman–Crippen LogP) is 3.49. The maximum atomic E-state index is 12.8. The van der Waals surface area contributed by atoms with E-state index in [1.54, 1.807) is 6.26 Å². The van der Waals surface area contributed by atoms with Crippen molar-refractivity contribution >= 4 is 23.4 Å². The molecule has 1 fully saturated rings. The standard InChI is InChI=1S/C21H23ClN2O3/c22-18-5-1-3-15-14-24(11-8-17(15)18)20(26)7-10-21(9-6-19(25)23-21)13-16-4-2-12-27-16/h1-5,12H,6-11,13-14H2,(H,23,25). The van der Waals surface area contributed by atoms with Crippen LogP contribution in [0.2, 0.25) is 5.02 Å². The van der Waals surface area contributed by atoms with Gasteiger partial charge in [0.2, 0.25) is 11.8 Å². The molecule has 5 nitrogen and oxygen atoms in total. The Bertz CT molecular complexity index is 849. The Hall–Kier alpha value is -2.27. The first-order valence-electron chi connectivity index (χ1n) is 9.42. The summed E-state index contributed by atoms with van der Waals surface area (Å²) in [6.45, 7) is 1.29. The zero-order valence-electron chi connectivity index (χ0n) is 15.2. The predicted molar refractivity (Wildman–Crippen MR) is 102 cm³/mol. The van der Waals surface area contributed by atoms with Crippen molar-refractivity contribution in [2.75, 3.05) is 6.54 Å². The van der Waals surface area contributed by atoms with Crippen LogP contribution >= 0.6 is 11.6 Å². The van der Waals surface area contributed by atoms with Crippen molar-refractivity contribution in [3.63, 3.8) is 0 Å². The SMILES string of the molecule is O=C1CCC(CCC(=O)N2CCc3c(Cl)cccc3C2)(Cc2ccco2)N1. The number of hydrogen-bond acceptors (Lipinski definition) is 3. The third-order valence-corrected chi connectivity index (χ3v) is 6.06. The Balaban J connectivity index is 1.41. The van der Waals surface area contributed by atoms with E-state index < -0.39 is 0 Å². The lowest BCUT2D eigenvalue weighted by Gasteiger charge is -2.32. The second-order valence-corrected chi connectivity index (χ2v) is 7.93. The van der Waals surface area contributed by atoms with E-state index in [9.17, 15) is 9.59 Å². The van der Waals surface area contributed by atoms with Crippen LogP contribution in [-0.2, 0) is 29.0 Å². The van der Waals surface area contributed by atoms with Crippen molar-refractivity contribution in [1.29, 1.82) is 0 Å². The summed E-state index contributed by atoms with van der Waals surface area (Å²) in [7, 11) is 0. The maximum Gasteiger partial charge on any atom is 0.222 e.